The van der Waals surface area contributed by atoms with Gasteiger partial charge in [-0.1, -0.05) is 6.07 Å². The second-order valence-electron chi connectivity index (χ2n) is 3.78. The zero-order valence-electron chi connectivity index (χ0n) is 9.75. The second-order valence-corrected chi connectivity index (χ2v) is 5.40. The summed E-state index contributed by atoms with van der Waals surface area (Å²) in [5.74, 6) is -0.451. The molecule has 0 radical (unpaired) electrons. The first-order valence-corrected chi connectivity index (χ1v) is 6.84. The SMILES string of the molecule is O=S(=O)(Nc1ccc(F)cc1)c1ccc(CO)cn1. The number of nitrogens with one attached hydrogen (secondary N) is 1. The Hall–Kier alpha value is -1.99. The van der Waals surface area contributed by atoms with Crippen molar-refractivity contribution in [2.75, 3.05) is 4.72 Å². The first-order valence-electron chi connectivity index (χ1n) is 5.35. The normalized spacial score (nSPS) is 11.3. The first-order chi connectivity index (χ1) is 9.01. The van der Waals surface area contributed by atoms with Crippen LogP contribution in [0.2, 0.25) is 0 Å². The molecule has 5 nitrogen and oxygen atoms in total. The van der Waals surface area contributed by atoms with E-state index >= 15 is 0 Å². The molecule has 7 heteroatoms. The number of sulfonamides is 1. The summed E-state index contributed by atoms with van der Waals surface area (Å²) in [6.07, 6.45) is 1.28. The number of rotatable bonds is 4. The third-order valence-electron chi connectivity index (χ3n) is 2.35. The fraction of sp³-hybridized carbons (Fsp3) is 0.0833. The fourth-order valence-corrected chi connectivity index (χ4v) is 2.38. The highest BCUT2D eigenvalue weighted by atomic mass is 32.2. The Morgan fingerprint density at radius 1 is 1.16 bits per heavy atom. The topological polar surface area (TPSA) is 79.3 Å². The fourth-order valence-electron chi connectivity index (χ4n) is 1.39. The Morgan fingerprint density at radius 2 is 1.84 bits per heavy atom. The van der Waals surface area contributed by atoms with Gasteiger partial charge in [-0.2, -0.15) is 8.42 Å². The van der Waals surface area contributed by atoms with Gasteiger partial charge in [-0.05, 0) is 35.9 Å². The van der Waals surface area contributed by atoms with Gasteiger partial charge in [0.15, 0.2) is 5.03 Å². The number of aromatic nitrogens is 1. The molecule has 0 bridgehead atoms. The van der Waals surface area contributed by atoms with E-state index in [9.17, 15) is 12.8 Å². The van der Waals surface area contributed by atoms with Crippen molar-refractivity contribution in [3.05, 3.63) is 54.0 Å². The summed E-state index contributed by atoms with van der Waals surface area (Å²) in [5.41, 5.74) is 0.759. The number of hydrogen-bond donors (Lipinski definition) is 2. The maximum Gasteiger partial charge on any atom is 0.279 e. The van der Waals surface area contributed by atoms with Crippen LogP contribution in [0.25, 0.3) is 0 Å². The number of benzene rings is 1. The Morgan fingerprint density at radius 3 is 2.37 bits per heavy atom. The van der Waals surface area contributed by atoms with Crippen LogP contribution in [0.5, 0.6) is 0 Å². The Bertz CT molecular complexity index is 654. The van der Waals surface area contributed by atoms with Gasteiger partial charge in [-0.3, -0.25) is 4.72 Å². The molecule has 100 valence electrons. The van der Waals surface area contributed by atoms with E-state index in [2.05, 4.69) is 9.71 Å². The average Bonchev–Trinajstić information content (AvgIpc) is 2.41. The van der Waals surface area contributed by atoms with Gasteiger partial charge in [0.05, 0.1) is 6.61 Å². The highest BCUT2D eigenvalue weighted by Crippen LogP contribution is 2.15. The molecule has 19 heavy (non-hydrogen) atoms. The van der Waals surface area contributed by atoms with Crippen LogP contribution >= 0.6 is 0 Å². The summed E-state index contributed by atoms with van der Waals surface area (Å²) in [4.78, 5) is 3.75. The Kier molecular flexibility index (Phi) is 3.77. The molecule has 2 rings (SSSR count). The maximum atomic E-state index is 12.7. The van der Waals surface area contributed by atoms with Gasteiger partial charge >= 0.3 is 0 Å². The number of pyridine rings is 1. The van der Waals surface area contributed by atoms with Gasteiger partial charge in [0, 0.05) is 11.9 Å². The molecule has 0 amide bonds. The maximum absolute atomic E-state index is 12.7. The standard InChI is InChI=1S/C12H11FN2O3S/c13-10-2-4-11(5-3-10)15-19(17,18)12-6-1-9(8-16)7-14-12/h1-7,15-16H,8H2. The number of hydrogen-bond acceptors (Lipinski definition) is 4. The van der Waals surface area contributed by atoms with E-state index in [-0.39, 0.29) is 17.3 Å². The summed E-state index contributed by atoms with van der Waals surface area (Å²) in [6.45, 7) is -0.210. The largest absolute Gasteiger partial charge is 0.392 e. The molecule has 1 aromatic heterocycles. The lowest BCUT2D eigenvalue weighted by Gasteiger charge is -2.07. The highest BCUT2D eigenvalue weighted by molar-refractivity contribution is 7.92. The molecule has 1 heterocycles. The molecular formula is C12H11FN2O3S. The lowest BCUT2D eigenvalue weighted by atomic mass is 10.3. The number of aliphatic hydroxyl groups is 1. The minimum atomic E-state index is -3.82. The van der Waals surface area contributed by atoms with Crippen molar-refractivity contribution in [3.63, 3.8) is 0 Å². The van der Waals surface area contributed by atoms with Crippen molar-refractivity contribution in [1.82, 2.24) is 4.98 Å². The molecule has 0 aliphatic carbocycles. The van der Waals surface area contributed by atoms with Crippen LogP contribution in [0, 0.1) is 5.82 Å². The highest BCUT2D eigenvalue weighted by Gasteiger charge is 2.15. The molecule has 0 saturated heterocycles. The molecule has 0 aliphatic heterocycles. The minimum absolute atomic E-state index is 0.172. The van der Waals surface area contributed by atoms with E-state index in [4.69, 9.17) is 5.11 Å². The summed E-state index contributed by atoms with van der Waals surface area (Å²) < 4.78 is 38.9. The Balaban J connectivity index is 2.24. The van der Waals surface area contributed by atoms with Crippen LogP contribution in [0.15, 0.2) is 47.6 Å². The van der Waals surface area contributed by atoms with E-state index in [1.54, 1.807) is 0 Å². The molecule has 0 fully saturated rings. The van der Waals surface area contributed by atoms with Crippen molar-refractivity contribution >= 4 is 15.7 Å². The summed E-state index contributed by atoms with van der Waals surface area (Å²) in [5, 5.41) is 8.68. The van der Waals surface area contributed by atoms with Gasteiger partial charge in [-0.25, -0.2) is 9.37 Å². The lowest BCUT2D eigenvalue weighted by Crippen LogP contribution is -2.14. The quantitative estimate of drug-likeness (QED) is 0.891. The molecule has 2 N–H and O–H groups in total. The zero-order valence-corrected chi connectivity index (χ0v) is 10.6. The van der Waals surface area contributed by atoms with Crippen molar-refractivity contribution < 1.29 is 17.9 Å². The molecule has 0 aliphatic rings. The van der Waals surface area contributed by atoms with Crippen LogP contribution in [-0.2, 0) is 16.6 Å². The number of anilines is 1. The van der Waals surface area contributed by atoms with Crippen molar-refractivity contribution in [2.24, 2.45) is 0 Å². The van der Waals surface area contributed by atoms with E-state index in [0.717, 1.165) is 12.1 Å². The van der Waals surface area contributed by atoms with Crippen LogP contribution in [0.3, 0.4) is 0 Å². The summed E-state index contributed by atoms with van der Waals surface area (Å²) >= 11 is 0. The molecule has 0 saturated carbocycles. The monoisotopic (exact) mass is 282 g/mol. The predicted octanol–water partition coefficient (Wildman–Crippen LogP) is 1.51. The smallest absolute Gasteiger partial charge is 0.279 e. The van der Waals surface area contributed by atoms with Crippen molar-refractivity contribution in [2.45, 2.75) is 11.6 Å². The van der Waals surface area contributed by atoms with Gasteiger partial charge in [0.1, 0.15) is 5.82 Å². The molecule has 0 unspecified atom stereocenters. The van der Waals surface area contributed by atoms with Crippen LogP contribution < -0.4 is 4.72 Å². The average molecular weight is 282 g/mol. The van der Waals surface area contributed by atoms with E-state index < -0.39 is 15.8 Å². The number of aliphatic hydroxyl groups excluding tert-OH is 1. The minimum Gasteiger partial charge on any atom is -0.392 e. The van der Waals surface area contributed by atoms with E-state index in [1.807, 2.05) is 0 Å². The molecular weight excluding hydrogens is 271 g/mol. The summed E-state index contributed by atoms with van der Waals surface area (Å²) in [6, 6.07) is 7.69. The van der Waals surface area contributed by atoms with Crippen molar-refractivity contribution in [1.29, 1.82) is 0 Å². The van der Waals surface area contributed by atoms with E-state index in [1.165, 1.54) is 30.5 Å². The van der Waals surface area contributed by atoms with Crippen molar-refractivity contribution in [3.8, 4) is 0 Å². The number of nitrogens with zero attached hydrogens (tertiary/aromatic N) is 1. The van der Waals surface area contributed by atoms with Gasteiger partial charge in [0.25, 0.3) is 10.0 Å². The van der Waals surface area contributed by atoms with Crippen LogP contribution in [-0.4, -0.2) is 18.5 Å². The number of halogens is 1. The summed E-state index contributed by atoms with van der Waals surface area (Å²) in [7, 11) is -3.82. The lowest BCUT2D eigenvalue weighted by molar-refractivity contribution is 0.281. The Labute approximate surface area is 109 Å². The van der Waals surface area contributed by atoms with Crippen LogP contribution in [0.1, 0.15) is 5.56 Å². The molecule has 0 spiro atoms. The third kappa shape index (κ3) is 3.27. The van der Waals surface area contributed by atoms with Gasteiger partial charge in [0.2, 0.25) is 0 Å². The first kappa shape index (κ1) is 13.4. The molecule has 1 aromatic carbocycles. The zero-order chi connectivity index (χ0) is 13.9. The molecule has 0 atom stereocenters. The van der Waals surface area contributed by atoms with Gasteiger partial charge < -0.3 is 5.11 Å². The van der Waals surface area contributed by atoms with Gasteiger partial charge in [-0.15, -0.1) is 0 Å². The second kappa shape index (κ2) is 5.33. The third-order valence-corrected chi connectivity index (χ3v) is 3.65. The van der Waals surface area contributed by atoms with E-state index in [0.29, 0.717) is 5.56 Å². The molecule has 2 aromatic rings. The van der Waals surface area contributed by atoms with Crippen LogP contribution in [0.4, 0.5) is 10.1 Å². The predicted molar refractivity (Wildman–Crippen MR) is 67.4 cm³/mol.